The van der Waals surface area contributed by atoms with Crippen molar-refractivity contribution in [2.75, 3.05) is 32.0 Å². The fraction of sp³-hybridized carbons (Fsp3) is 1.00. The van der Waals surface area contributed by atoms with E-state index >= 15 is 0 Å². The molecule has 104 valence electrons. The molecule has 3 aliphatic rings. The van der Waals surface area contributed by atoms with Crippen LogP contribution in [0.4, 0.5) is 0 Å². The number of hydrogen-bond donors (Lipinski definition) is 0. The standard InChI is InChI=1S/C15H27BrN2/c1-17-13-4-5-14(17)10-18(9-6-13)12-15(11-16)7-2-3-8-15/h13-14H,2-12H2,1H3. The molecule has 3 heteroatoms. The molecular formula is C15H27BrN2. The second kappa shape index (κ2) is 5.41. The van der Waals surface area contributed by atoms with Crippen LogP contribution in [0.15, 0.2) is 0 Å². The van der Waals surface area contributed by atoms with Crippen molar-refractivity contribution in [1.29, 1.82) is 0 Å². The van der Waals surface area contributed by atoms with Crippen LogP contribution in [0.3, 0.4) is 0 Å². The Labute approximate surface area is 120 Å². The highest BCUT2D eigenvalue weighted by atomic mass is 79.9. The zero-order chi connectivity index (χ0) is 12.6. The van der Waals surface area contributed by atoms with Crippen molar-refractivity contribution >= 4 is 15.9 Å². The van der Waals surface area contributed by atoms with Gasteiger partial charge in [0.2, 0.25) is 0 Å². The predicted octanol–water partition coefficient (Wildman–Crippen LogP) is 3.11. The molecule has 2 unspecified atom stereocenters. The second-order valence-electron chi connectivity index (χ2n) is 6.91. The molecule has 0 amide bonds. The summed E-state index contributed by atoms with van der Waals surface area (Å²) < 4.78 is 0. The van der Waals surface area contributed by atoms with Gasteiger partial charge in [-0.15, -0.1) is 0 Å². The van der Waals surface area contributed by atoms with Gasteiger partial charge in [-0.1, -0.05) is 28.8 Å². The summed E-state index contributed by atoms with van der Waals surface area (Å²) in [5.41, 5.74) is 0.599. The van der Waals surface area contributed by atoms with E-state index in [0.717, 1.165) is 12.1 Å². The van der Waals surface area contributed by atoms with E-state index in [2.05, 4.69) is 32.8 Å². The summed E-state index contributed by atoms with van der Waals surface area (Å²) in [5.74, 6) is 0. The van der Waals surface area contributed by atoms with E-state index < -0.39 is 0 Å². The third-order valence-corrected chi connectivity index (χ3v) is 6.93. The molecule has 0 aromatic heterocycles. The second-order valence-corrected chi connectivity index (χ2v) is 7.48. The summed E-state index contributed by atoms with van der Waals surface area (Å²) in [6.07, 6.45) is 10.1. The lowest BCUT2D eigenvalue weighted by molar-refractivity contribution is 0.156. The Morgan fingerprint density at radius 1 is 1.11 bits per heavy atom. The summed E-state index contributed by atoms with van der Waals surface area (Å²) in [5, 5.41) is 1.21. The molecule has 2 saturated heterocycles. The van der Waals surface area contributed by atoms with Gasteiger partial charge in [0.1, 0.15) is 0 Å². The molecule has 2 bridgehead atoms. The lowest BCUT2D eigenvalue weighted by Gasteiger charge is -2.35. The maximum absolute atomic E-state index is 3.80. The third-order valence-electron chi connectivity index (χ3n) is 5.74. The van der Waals surface area contributed by atoms with E-state index in [1.807, 2.05) is 0 Å². The number of rotatable bonds is 3. The molecule has 0 radical (unpaired) electrons. The van der Waals surface area contributed by atoms with Gasteiger partial charge in [-0.05, 0) is 51.1 Å². The highest BCUT2D eigenvalue weighted by molar-refractivity contribution is 9.09. The van der Waals surface area contributed by atoms with Gasteiger partial charge in [-0.3, -0.25) is 4.90 Å². The molecule has 0 aromatic carbocycles. The Morgan fingerprint density at radius 2 is 1.83 bits per heavy atom. The van der Waals surface area contributed by atoms with Crippen LogP contribution in [0.1, 0.15) is 44.9 Å². The Bertz CT molecular complexity index is 288. The molecular weight excluding hydrogens is 288 g/mol. The molecule has 3 fully saturated rings. The summed E-state index contributed by atoms with van der Waals surface area (Å²) in [6, 6.07) is 1.72. The first-order chi connectivity index (χ1) is 8.72. The first-order valence-electron chi connectivity index (χ1n) is 7.73. The van der Waals surface area contributed by atoms with Crippen LogP contribution in [0.25, 0.3) is 0 Å². The number of nitrogens with zero attached hydrogens (tertiary/aromatic N) is 2. The third kappa shape index (κ3) is 2.51. The minimum absolute atomic E-state index is 0.599. The average molecular weight is 315 g/mol. The Morgan fingerprint density at radius 3 is 2.56 bits per heavy atom. The van der Waals surface area contributed by atoms with E-state index in [4.69, 9.17) is 0 Å². The molecule has 0 spiro atoms. The van der Waals surface area contributed by atoms with Crippen LogP contribution < -0.4 is 0 Å². The lowest BCUT2D eigenvalue weighted by atomic mass is 9.87. The number of alkyl halides is 1. The normalized spacial score (nSPS) is 37.0. The van der Waals surface area contributed by atoms with Crippen LogP contribution in [-0.2, 0) is 0 Å². The molecule has 1 saturated carbocycles. The smallest absolute Gasteiger partial charge is 0.0223 e. The summed E-state index contributed by atoms with van der Waals surface area (Å²) in [6.45, 7) is 4.00. The predicted molar refractivity (Wildman–Crippen MR) is 80.3 cm³/mol. The summed E-state index contributed by atoms with van der Waals surface area (Å²) >= 11 is 3.80. The first-order valence-corrected chi connectivity index (χ1v) is 8.85. The van der Waals surface area contributed by atoms with E-state index in [1.54, 1.807) is 0 Å². The van der Waals surface area contributed by atoms with Gasteiger partial charge in [0.15, 0.2) is 0 Å². The molecule has 2 nitrogen and oxygen atoms in total. The van der Waals surface area contributed by atoms with E-state index in [-0.39, 0.29) is 0 Å². The largest absolute Gasteiger partial charge is 0.301 e. The Hall–Kier alpha value is 0.400. The molecule has 3 rings (SSSR count). The van der Waals surface area contributed by atoms with Crippen molar-refractivity contribution in [2.24, 2.45) is 5.41 Å². The van der Waals surface area contributed by atoms with Crippen LogP contribution in [0.2, 0.25) is 0 Å². The Kier molecular flexibility index (Phi) is 4.03. The number of hydrogen-bond acceptors (Lipinski definition) is 2. The van der Waals surface area contributed by atoms with Gasteiger partial charge >= 0.3 is 0 Å². The Balaban J connectivity index is 1.63. The molecule has 18 heavy (non-hydrogen) atoms. The number of halogens is 1. The van der Waals surface area contributed by atoms with Crippen LogP contribution >= 0.6 is 15.9 Å². The molecule has 2 atom stereocenters. The maximum atomic E-state index is 3.80. The average Bonchev–Trinajstić information content (AvgIpc) is 2.90. The van der Waals surface area contributed by atoms with Crippen molar-refractivity contribution < 1.29 is 0 Å². The minimum Gasteiger partial charge on any atom is -0.301 e. The zero-order valence-electron chi connectivity index (χ0n) is 11.7. The maximum Gasteiger partial charge on any atom is 0.0223 e. The monoisotopic (exact) mass is 314 g/mol. The number of likely N-dealkylation sites (N-methyl/N-ethyl adjacent to an activating group) is 1. The van der Waals surface area contributed by atoms with Gasteiger partial charge in [0.25, 0.3) is 0 Å². The van der Waals surface area contributed by atoms with E-state index in [1.165, 1.54) is 69.9 Å². The fourth-order valence-corrected chi connectivity index (χ4v) is 5.19. The van der Waals surface area contributed by atoms with Gasteiger partial charge in [-0.25, -0.2) is 0 Å². The number of fused-ring (bicyclic) bond motifs is 2. The first kappa shape index (κ1) is 13.4. The highest BCUT2D eigenvalue weighted by Gasteiger charge is 2.39. The van der Waals surface area contributed by atoms with Gasteiger partial charge in [-0.2, -0.15) is 0 Å². The van der Waals surface area contributed by atoms with Crippen LogP contribution in [0.5, 0.6) is 0 Å². The van der Waals surface area contributed by atoms with Crippen molar-refractivity contribution in [3.63, 3.8) is 0 Å². The zero-order valence-corrected chi connectivity index (χ0v) is 13.3. The molecule has 2 aliphatic heterocycles. The van der Waals surface area contributed by atoms with Gasteiger partial charge in [0, 0.05) is 30.5 Å². The van der Waals surface area contributed by atoms with E-state index in [0.29, 0.717) is 5.41 Å². The van der Waals surface area contributed by atoms with Crippen molar-refractivity contribution in [3.8, 4) is 0 Å². The fourth-order valence-electron chi connectivity index (χ4n) is 4.46. The highest BCUT2D eigenvalue weighted by Crippen LogP contribution is 2.41. The number of likely N-dealkylation sites (tertiary alicyclic amines) is 1. The van der Waals surface area contributed by atoms with Crippen molar-refractivity contribution in [2.45, 2.75) is 57.0 Å². The summed E-state index contributed by atoms with van der Waals surface area (Å²) in [4.78, 5) is 5.45. The molecule has 2 heterocycles. The molecule has 0 N–H and O–H groups in total. The topological polar surface area (TPSA) is 6.48 Å². The minimum atomic E-state index is 0.599. The van der Waals surface area contributed by atoms with Gasteiger partial charge < -0.3 is 4.90 Å². The van der Waals surface area contributed by atoms with Crippen molar-refractivity contribution in [1.82, 2.24) is 9.80 Å². The summed E-state index contributed by atoms with van der Waals surface area (Å²) in [7, 11) is 2.35. The van der Waals surface area contributed by atoms with Crippen LogP contribution in [-0.4, -0.2) is 53.9 Å². The quantitative estimate of drug-likeness (QED) is 0.739. The van der Waals surface area contributed by atoms with Crippen molar-refractivity contribution in [3.05, 3.63) is 0 Å². The van der Waals surface area contributed by atoms with E-state index in [9.17, 15) is 0 Å². The molecule has 1 aliphatic carbocycles. The molecule has 0 aromatic rings. The lowest BCUT2D eigenvalue weighted by Crippen LogP contribution is -2.42. The van der Waals surface area contributed by atoms with Gasteiger partial charge in [0.05, 0.1) is 0 Å². The SMILES string of the molecule is CN1C2CCC1CN(CC1(CBr)CCCC1)CC2. The van der Waals surface area contributed by atoms with Crippen LogP contribution in [0, 0.1) is 5.41 Å².